The van der Waals surface area contributed by atoms with Crippen LogP contribution in [0.2, 0.25) is 0 Å². The third kappa shape index (κ3) is 2.44. The number of amides is 2. The monoisotopic (exact) mass is 295 g/mol. The third-order valence-corrected chi connectivity index (χ3v) is 4.58. The number of aromatic nitrogens is 1. The van der Waals surface area contributed by atoms with E-state index in [9.17, 15) is 9.59 Å². The van der Waals surface area contributed by atoms with Gasteiger partial charge in [0.15, 0.2) is 0 Å². The van der Waals surface area contributed by atoms with Crippen LogP contribution in [-0.4, -0.2) is 33.3 Å². The van der Waals surface area contributed by atoms with Crippen LogP contribution in [0.1, 0.15) is 45.7 Å². The SMILES string of the molecule is CC(C)C1C(=O)NC(C)(C)C(=O)N1C(C)c1nccs1. The molecule has 0 spiro atoms. The van der Waals surface area contributed by atoms with Crippen molar-refractivity contribution in [2.45, 2.75) is 52.2 Å². The first-order valence-electron chi connectivity index (χ1n) is 6.80. The molecule has 1 fully saturated rings. The van der Waals surface area contributed by atoms with E-state index in [1.807, 2.05) is 26.2 Å². The molecule has 6 heteroatoms. The zero-order valence-electron chi connectivity index (χ0n) is 12.5. The van der Waals surface area contributed by atoms with E-state index >= 15 is 0 Å². The average molecular weight is 295 g/mol. The number of carbonyl (C=O) groups is 2. The van der Waals surface area contributed by atoms with Crippen molar-refractivity contribution < 1.29 is 9.59 Å². The van der Waals surface area contributed by atoms with Gasteiger partial charge < -0.3 is 10.2 Å². The standard InChI is InChI=1S/C14H21N3O2S/c1-8(2)10-11(18)16-14(4,5)13(19)17(10)9(3)12-15-6-7-20-12/h6-10H,1-5H3,(H,16,18). The van der Waals surface area contributed by atoms with Crippen LogP contribution in [0.3, 0.4) is 0 Å². The number of rotatable bonds is 3. The fourth-order valence-electron chi connectivity index (χ4n) is 2.61. The van der Waals surface area contributed by atoms with E-state index in [1.54, 1.807) is 24.9 Å². The molecule has 2 heterocycles. The predicted molar refractivity (Wildman–Crippen MR) is 78.2 cm³/mol. The largest absolute Gasteiger partial charge is 0.340 e. The van der Waals surface area contributed by atoms with Crippen LogP contribution in [0.5, 0.6) is 0 Å². The summed E-state index contributed by atoms with van der Waals surface area (Å²) >= 11 is 1.51. The van der Waals surface area contributed by atoms with E-state index < -0.39 is 11.6 Å². The van der Waals surface area contributed by atoms with Crippen LogP contribution in [0.15, 0.2) is 11.6 Å². The molecule has 0 saturated carbocycles. The first-order valence-corrected chi connectivity index (χ1v) is 7.68. The summed E-state index contributed by atoms with van der Waals surface area (Å²) in [5.41, 5.74) is -0.867. The number of thiazole rings is 1. The van der Waals surface area contributed by atoms with Gasteiger partial charge in [0.05, 0.1) is 6.04 Å². The molecule has 0 radical (unpaired) electrons. The molecule has 2 atom stereocenters. The molecule has 20 heavy (non-hydrogen) atoms. The fourth-order valence-corrected chi connectivity index (χ4v) is 3.30. The molecule has 2 amide bonds. The van der Waals surface area contributed by atoms with Crippen molar-refractivity contribution >= 4 is 23.2 Å². The van der Waals surface area contributed by atoms with Gasteiger partial charge in [-0.05, 0) is 26.7 Å². The van der Waals surface area contributed by atoms with Crippen LogP contribution in [-0.2, 0) is 9.59 Å². The van der Waals surface area contributed by atoms with Crippen molar-refractivity contribution in [3.63, 3.8) is 0 Å². The van der Waals surface area contributed by atoms with E-state index in [-0.39, 0.29) is 23.8 Å². The summed E-state index contributed by atoms with van der Waals surface area (Å²) in [6, 6.07) is -0.644. The van der Waals surface area contributed by atoms with Crippen molar-refractivity contribution in [3.05, 3.63) is 16.6 Å². The van der Waals surface area contributed by atoms with Gasteiger partial charge in [0.25, 0.3) is 0 Å². The smallest absolute Gasteiger partial charge is 0.249 e. The second-order valence-electron chi connectivity index (χ2n) is 6.06. The Labute approximate surface area is 123 Å². The minimum atomic E-state index is -0.867. The van der Waals surface area contributed by atoms with Gasteiger partial charge in [0.2, 0.25) is 11.8 Å². The molecule has 0 aromatic carbocycles. The topological polar surface area (TPSA) is 62.3 Å². The van der Waals surface area contributed by atoms with Gasteiger partial charge in [0.1, 0.15) is 16.6 Å². The van der Waals surface area contributed by atoms with Crippen LogP contribution in [0, 0.1) is 5.92 Å². The Hall–Kier alpha value is -1.43. The first kappa shape index (κ1) is 15.0. The highest BCUT2D eigenvalue weighted by Crippen LogP contribution is 2.32. The van der Waals surface area contributed by atoms with Crippen LogP contribution < -0.4 is 5.32 Å². The third-order valence-electron chi connectivity index (χ3n) is 3.63. The highest BCUT2D eigenvalue weighted by atomic mass is 32.1. The molecule has 2 unspecified atom stereocenters. The lowest BCUT2D eigenvalue weighted by Gasteiger charge is -2.46. The maximum Gasteiger partial charge on any atom is 0.249 e. The van der Waals surface area contributed by atoms with Gasteiger partial charge in [-0.3, -0.25) is 9.59 Å². The first-order chi connectivity index (χ1) is 9.25. The molecule has 1 saturated heterocycles. The van der Waals surface area contributed by atoms with Gasteiger partial charge in [0, 0.05) is 11.6 Å². The predicted octanol–water partition coefficient (Wildman–Crippen LogP) is 1.97. The maximum atomic E-state index is 12.7. The Balaban J connectivity index is 2.42. The number of piperazine rings is 1. The lowest BCUT2D eigenvalue weighted by molar-refractivity contribution is -0.158. The maximum absolute atomic E-state index is 12.7. The zero-order valence-corrected chi connectivity index (χ0v) is 13.3. The highest BCUT2D eigenvalue weighted by molar-refractivity contribution is 7.09. The minimum absolute atomic E-state index is 0.0532. The second-order valence-corrected chi connectivity index (χ2v) is 6.99. The molecule has 2 rings (SSSR count). The van der Waals surface area contributed by atoms with E-state index in [0.29, 0.717) is 0 Å². The summed E-state index contributed by atoms with van der Waals surface area (Å²) in [6.07, 6.45) is 1.72. The Morgan fingerprint density at radius 1 is 1.35 bits per heavy atom. The molecule has 1 aromatic heterocycles. The number of carbonyl (C=O) groups excluding carboxylic acids is 2. The number of hydrogen-bond donors (Lipinski definition) is 1. The molecule has 0 bridgehead atoms. The van der Waals surface area contributed by atoms with Crippen molar-refractivity contribution in [2.75, 3.05) is 0 Å². The zero-order chi connectivity index (χ0) is 15.1. The van der Waals surface area contributed by atoms with Crippen molar-refractivity contribution in [1.29, 1.82) is 0 Å². The second kappa shape index (κ2) is 5.16. The molecule has 5 nitrogen and oxygen atoms in total. The summed E-state index contributed by atoms with van der Waals surface area (Å²) in [7, 11) is 0. The minimum Gasteiger partial charge on any atom is -0.340 e. The van der Waals surface area contributed by atoms with Gasteiger partial charge in [-0.2, -0.15) is 0 Å². The van der Waals surface area contributed by atoms with E-state index in [2.05, 4.69) is 10.3 Å². The molecular formula is C14H21N3O2S. The Kier molecular flexibility index (Phi) is 3.86. The van der Waals surface area contributed by atoms with Gasteiger partial charge >= 0.3 is 0 Å². The quantitative estimate of drug-likeness (QED) is 0.927. The highest BCUT2D eigenvalue weighted by Gasteiger charge is 2.48. The molecule has 110 valence electrons. The number of hydrogen-bond acceptors (Lipinski definition) is 4. The van der Waals surface area contributed by atoms with Crippen molar-refractivity contribution in [3.8, 4) is 0 Å². The van der Waals surface area contributed by atoms with Gasteiger partial charge in [-0.25, -0.2) is 4.98 Å². The summed E-state index contributed by atoms with van der Waals surface area (Å²) in [4.78, 5) is 31.1. The normalized spacial score (nSPS) is 23.9. The summed E-state index contributed by atoms with van der Waals surface area (Å²) < 4.78 is 0. The average Bonchev–Trinajstić information content (AvgIpc) is 2.85. The van der Waals surface area contributed by atoms with Crippen molar-refractivity contribution in [1.82, 2.24) is 15.2 Å². The summed E-state index contributed by atoms with van der Waals surface area (Å²) in [6.45, 7) is 9.33. The summed E-state index contributed by atoms with van der Waals surface area (Å²) in [5, 5.41) is 5.56. The van der Waals surface area contributed by atoms with Gasteiger partial charge in [-0.1, -0.05) is 13.8 Å². The number of nitrogens with zero attached hydrogens (tertiary/aromatic N) is 2. The van der Waals surface area contributed by atoms with Crippen LogP contribution in [0.25, 0.3) is 0 Å². The molecular weight excluding hydrogens is 274 g/mol. The Morgan fingerprint density at radius 3 is 2.50 bits per heavy atom. The van der Waals surface area contributed by atoms with Crippen molar-refractivity contribution in [2.24, 2.45) is 5.92 Å². The molecule has 0 aliphatic carbocycles. The van der Waals surface area contributed by atoms with E-state index in [0.717, 1.165) is 5.01 Å². The fraction of sp³-hybridized carbons (Fsp3) is 0.643. The molecule has 1 aliphatic rings. The molecule has 1 N–H and O–H groups in total. The Bertz CT molecular complexity index is 510. The molecule has 1 aromatic rings. The summed E-state index contributed by atoms with van der Waals surface area (Å²) in [5.74, 6) is -0.0935. The number of nitrogens with one attached hydrogen (secondary N) is 1. The van der Waals surface area contributed by atoms with Gasteiger partial charge in [-0.15, -0.1) is 11.3 Å². The Morgan fingerprint density at radius 2 is 2.00 bits per heavy atom. The molecule has 1 aliphatic heterocycles. The van der Waals surface area contributed by atoms with E-state index in [4.69, 9.17) is 0 Å². The lowest BCUT2D eigenvalue weighted by atomic mass is 9.90. The van der Waals surface area contributed by atoms with Crippen LogP contribution in [0.4, 0.5) is 0 Å². The lowest BCUT2D eigenvalue weighted by Crippen LogP contribution is -2.69. The van der Waals surface area contributed by atoms with E-state index in [1.165, 1.54) is 11.3 Å². The van der Waals surface area contributed by atoms with Crippen LogP contribution >= 0.6 is 11.3 Å².